The van der Waals surface area contributed by atoms with Crippen molar-refractivity contribution in [1.82, 2.24) is 9.78 Å². The van der Waals surface area contributed by atoms with E-state index in [9.17, 15) is 18.0 Å². The number of hydrogen-bond donors (Lipinski definition) is 0. The van der Waals surface area contributed by atoms with Gasteiger partial charge in [0.25, 0.3) is 0 Å². The van der Waals surface area contributed by atoms with Crippen LogP contribution in [0.15, 0.2) is 39.6 Å². The van der Waals surface area contributed by atoms with E-state index >= 15 is 0 Å². The zero-order chi connectivity index (χ0) is 23.0. The number of aryl methyl sites for hydroxylation is 2. The number of fused-ring (bicyclic) bond motifs is 1. The van der Waals surface area contributed by atoms with Crippen molar-refractivity contribution < 1.29 is 22.4 Å². The molecule has 8 nitrogen and oxygen atoms in total. The van der Waals surface area contributed by atoms with E-state index < -0.39 is 21.4 Å². The molecule has 0 amide bonds. The van der Waals surface area contributed by atoms with Gasteiger partial charge in [0.15, 0.2) is 9.84 Å². The molecule has 168 valence electrons. The SMILES string of the molecule is Cc1ccc2c(COC(=O)C=Cc3c(C)nn(C4CCS(=O)(=O)C4)c3Cl)cc(=O)oc2c1. The first kappa shape index (κ1) is 22.3. The Hall–Kier alpha value is -2.91. The number of benzene rings is 1. The van der Waals surface area contributed by atoms with Gasteiger partial charge in [-0.2, -0.15) is 5.10 Å². The molecule has 0 saturated carbocycles. The monoisotopic (exact) mass is 476 g/mol. The van der Waals surface area contributed by atoms with E-state index in [0.29, 0.717) is 34.2 Å². The van der Waals surface area contributed by atoms with Crippen LogP contribution in [0.25, 0.3) is 17.0 Å². The fourth-order valence-electron chi connectivity index (χ4n) is 3.74. The molecule has 1 saturated heterocycles. The number of rotatable bonds is 5. The summed E-state index contributed by atoms with van der Waals surface area (Å²) < 4.78 is 35.5. The van der Waals surface area contributed by atoms with Crippen molar-refractivity contribution in [3.8, 4) is 0 Å². The maximum Gasteiger partial charge on any atom is 0.336 e. The minimum Gasteiger partial charge on any atom is -0.458 e. The third kappa shape index (κ3) is 4.63. The Balaban J connectivity index is 1.48. The van der Waals surface area contributed by atoms with Crippen molar-refractivity contribution in [2.24, 2.45) is 0 Å². The maximum absolute atomic E-state index is 12.3. The minimum absolute atomic E-state index is 0.00240. The lowest BCUT2D eigenvalue weighted by Crippen LogP contribution is -2.12. The Morgan fingerprint density at radius 1 is 1.34 bits per heavy atom. The zero-order valence-corrected chi connectivity index (χ0v) is 19.1. The van der Waals surface area contributed by atoms with Gasteiger partial charge < -0.3 is 9.15 Å². The van der Waals surface area contributed by atoms with Crippen molar-refractivity contribution in [3.63, 3.8) is 0 Å². The van der Waals surface area contributed by atoms with Gasteiger partial charge in [-0.3, -0.25) is 0 Å². The van der Waals surface area contributed by atoms with Crippen LogP contribution in [-0.2, 0) is 26.0 Å². The minimum atomic E-state index is -3.09. The number of esters is 1. The molecular formula is C22H21ClN2O6S. The second-order valence-electron chi connectivity index (χ2n) is 7.82. The van der Waals surface area contributed by atoms with Gasteiger partial charge in [-0.1, -0.05) is 23.7 Å². The molecule has 1 fully saturated rings. The summed E-state index contributed by atoms with van der Waals surface area (Å²) in [5.74, 6) is -0.515. The van der Waals surface area contributed by atoms with E-state index in [2.05, 4.69) is 5.10 Å². The standard InChI is InChI=1S/C22H21ClN2O6S/c1-13-3-4-18-15(10-21(27)31-19(18)9-13)11-30-20(26)6-5-17-14(2)24-25(22(17)23)16-7-8-32(28,29)12-16/h3-6,9-10,16H,7-8,11-12H2,1-2H3. The van der Waals surface area contributed by atoms with Gasteiger partial charge in [0.1, 0.15) is 17.3 Å². The Bertz CT molecular complexity index is 1400. The molecule has 10 heteroatoms. The molecule has 0 spiro atoms. The van der Waals surface area contributed by atoms with E-state index in [1.807, 2.05) is 19.1 Å². The predicted molar refractivity (Wildman–Crippen MR) is 120 cm³/mol. The normalized spacial score (nSPS) is 17.9. The first-order valence-corrected chi connectivity index (χ1v) is 12.2. The molecule has 1 aliphatic rings. The number of halogens is 1. The van der Waals surface area contributed by atoms with Gasteiger partial charge in [-0.25, -0.2) is 22.7 Å². The molecule has 0 radical (unpaired) electrons. The highest BCUT2D eigenvalue weighted by molar-refractivity contribution is 7.91. The van der Waals surface area contributed by atoms with Crippen molar-refractivity contribution in [1.29, 1.82) is 0 Å². The number of sulfone groups is 1. The van der Waals surface area contributed by atoms with Crippen LogP contribution < -0.4 is 5.63 Å². The topological polar surface area (TPSA) is 108 Å². The fourth-order valence-corrected chi connectivity index (χ4v) is 5.80. The van der Waals surface area contributed by atoms with Crippen LogP contribution >= 0.6 is 11.6 Å². The number of ether oxygens (including phenoxy) is 1. The molecular weight excluding hydrogens is 456 g/mol. The molecule has 0 aliphatic carbocycles. The molecule has 4 rings (SSSR count). The summed E-state index contributed by atoms with van der Waals surface area (Å²) in [4.78, 5) is 24.1. The summed E-state index contributed by atoms with van der Waals surface area (Å²) in [5, 5.41) is 5.32. The Morgan fingerprint density at radius 3 is 2.84 bits per heavy atom. The Labute approximate surface area is 189 Å². The molecule has 3 heterocycles. The van der Waals surface area contributed by atoms with Crippen molar-refractivity contribution in [2.75, 3.05) is 11.5 Å². The smallest absolute Gasteiger partial charge is 0.336 e. The summed E-state index contributed by atoms with van der Waals surface area (Å²) in [5.41, 5.74) is 2.50. The van der Waals surface area contributed by atoms with Crippen LogP contribution in [-0.4, -0.2) is 35.7 Å². The maximum atomic E-state index is 12.3. The highest BCUT2D eigenvalue weighted by Crippen LogP contribution is 2.30. The van der Waals surface area contributed by atoms with Crippen LogP contribution in [0, 0.1) is 13.8 Å². The van der Waals surface area contributed by atoms with E-state index in [1.165, 1.54) is 22.9 Å². The fraction of sp³-hybridized carbons (Fsp3) is 0.318. The van der Waals surface area contributed by atoms with Gasteiger partial charge in [0.2, 0.25) is 0 Å². The molecule has 1 aromatic carbocycles. The van der Waals surface area contributed by atoms with E-state index in [-0.39, 0.29) is 29.3 Å². The molecule has 3 aromatic rings. The number of hydrogen-bond acceptors (Lipinski definition) is 7. The number of carbonyl (C=O) groups is 1. The highest BCUT2D eigenvalue weighted by atomic mass is 35.5. The summed E-state index contributed by atoms with van der Waals surface area (Å²) in [6.45, 7) is 3.52. The van der Waals surface area contributed by atoms with E-state index in [4.69, 9.17) is 20.8 Å². The summed E-state index contributed by atoms with van der Waals surface area (Å²) in [6.07, 6.45) is 3.17. The first-order chi connectivity index (χ1) is 15.1. The largest absolute Gasteiger partial charge is 0.458 e. The summed E-state index contributed by atoms with van der Waals surface area (Å²) >= 11 is 6.41. The second kappa shape index (κ2) is 8.55. The van der Waals surface area contributed by atoms with Gasteiger partial charge in [0.05, 0.1) is 23.2 Å². The summed E-state index contributed by atoms with van der Waals surface area (Å²) in [7, 11) is -3.09. The number of nitrogens with zero attached hydrogens (tertiary/aromatic N) is 2. The third-order valence-corrected chi connectivity index (χ3v) is 7.49. The molecule has 0 N–H and O–H groups in total. The predicted octanol–water partition coefficient (Wildman–Crippen LogP) is 3.38. The Morgan fingerprint density at radius 2 is 2.12 bits per heavy atom. The lowest BCUT2D eigenvalue weighted by Gasteiger charge is -2.09. The number of aromatic nitrogens is 2. The van der Waals surface area contributed by atoms with Crippen LogP contribution in [0.1, 0.15) is 34.8 Å². The number of carbonyl (C=O) groups excluding carboxylic acids is 1. The van der Waals surface area contributed by atoms with Crippen LogP contribution in [0.3, 0.4) is 0 Å². The highest BCUT2D eigenvalue weighted by Gasteiger charge is 2.31. The lowest BCUT2D eigenvalue weighted by atomic mass is 10.1. The van der Waals surface area contributed by atoms with Crippen molar-refractivity contribution >= 4 is 44.5 Å². The molecule has 1 aliphatic heterocycles. The zero-order valence-electron chi connectivity index (χ0n) is 17.5. The lowest BCUT2D eigenvalue weighted by molar-refractivity contribution is -0.138. The molecule has 0 bridgehead atoms. The van der Waals surface area contributed by atoms with E-state index in [1.54, 1.807) is 13.0 Å². The summed E-state index contributed by atoms with van der Waals surface area (Å²) in [6, 6.07) is 6.43. The molecule has 32 heavy (non-hydrogen) atoms. The average molecular weight is 477 g/mol. The second-order valence-corrected chi connectivity index (χ2v) is 10.4. The van der Waals surface area contributed by atoms with Gasteiger partial charge in [-0.15, -0.1) is 0 Å². The van der Waals surface area contributed by atoms with Gasteiger partial charge >= 0.3 is 11.6 Å². The van der Waals surface area contributed by atoms with E-state index in [0.717, 1.165) is 5.56 Å². The van der Waals surface area contributed by atoms with Crippen molar-refractivity contribution in [3.05, 3.63) is 68.3 Å². The van der Waals surface area contributed by atoms with Crippen LogP contribution in [0.4, 0.5) is 0 Å². The van der Waals surface area contributed by atoms with Crippen molar-refractivity contribution in [2.45, 2.75) is 32.9 Å². The molecule has 2 aromatic heterocycles. The average Bonchev–Trinajstić information content (AvgIpc) is 3.22. The van der Waals surface area contributed by atoms with Gasteiger partial charge in [0, 0.05) is 28.7 Å². The van der Waals surface area contributed by atoms with Gasteiger partial charge in [-0.05, 0) is 38.0 Å². The third-order valence-electron chi connectivity index (χ3n) is 5.37. The quantitative estimate of drug-likeness (QED) is 0.315. The van der Waals surface area contributed by atoms with Crippen LogP contribution in [0.2, 0.25) is 5.15 Å². The first-order valence-electron chi connectivity index (χ1n) is 9.96. The molecule has 1 unspecified atom stereocenters. The van der Waals surface area contributed by atoms with Crippen LogP contribution in [0.5, 0.6) is 0 Å². The molecule has 1 atom stereocenters. The Kier molecular flexibility index (Phi) is 5.96.